The molecule has 9 nitrogen and oxygen atoms in total. The van der Waals surface area contributed by atoms with Crippen molar-refractivity contribution in [1.29, 1.82) is 0 Å². The molecule has 0 N–H and O–H groups in total. The van der Waals surface area contributed by atoms with Crippen LogP contribution < -0.4 is 4.89 Å². The molecular formula is C78H134NO8P. The Morgan fingerprint density at radius 2 is 0.648 bits per heavy atom. The molecule has 0 aromatic rings. The molecule has 2 unspecified atom stereocenters. The Balaban J connectivity index is 4.14. The number of hydrogen-bond acceptors (Lipinski definition) is 8. The van der Waals surface area contributed by atoms with Crippen molar-refractivity contribution in [2.45, 2.75) is 302 Å². The number of quaternary nitrogens is 1. The maximum Gasteiger partial charge on any atom is 0.306 e. The summed E-state index contributed by atoms with van der Waals surface area (Å²) in [6.45, 7) is 4.13. The third-order valence-electron chi connectivity index (χ3n) is 15.2. The first kappa shape index (κ1) is 84.2. The average Bonchev–Trinajstić information content (AvgIpc) is 3.68. The predicted molar refractivity (Wildman–Crippen MR) is 378 cm³/mol. The van der Waals surface area contributed by atoms with E-state index in [1.54, 1.807) is 0 Å². The lowest BCUT2D eigenvalue weighted by Gasteiger charge is -2.28. The third kappa shape index (κ3) is 71.2. The van der Waals surface area contributed by atoms with Gasteiger partial charge in [0.1, 0.15) is 19.8 Å². The first-order chi connectivity index (χ1) is 43.0. The highest BCUT2D eigenvalue weighted by Gasteiger charge is 2.22. The fourth-order valence-corrected chi connectivity index (χ4v) is 10.5. The fourth-order valence-electron chi connectivity index (χ4n) is 9.72. The van der Waals surface area contributed by atoms with Crippen LogP contribution in [-0.4, -0.2) is 70.0 Å². The molecule has 0 amide bonds. The second-order valence-electron chi connectivity index (χ2n) is 24.9. The second kappa shape index (κ2) is 67.5. The summed E-state index contributed by atoms with van der Waals surface area (Å²) in [5.41, 5.74) is 0. The van der Waals surface area contributed by atoms with Crippen molar-refractivity contribution >= 4 is 19.8 Å². The Bertz CT molecular complexity index is 1950. The average molecular weight is 1240 g/mol. The van der Waals surface area contributed by atoms with Gasteiger partial charge in [-0.1, -0.05) is 321 Å². The largest absolute Gasteiger partial charge is 0.756 e. The quantitative estimate of drug-likeness (QED) is 0.0195. The lowest BCUT2D eigenvalue weighted by Crippen LogP contribution is -2.37. The summed E-state index contributed by atoms with van der Waals surface area (Å²) < 4.78 is 34.3. The normalized spacial score (nSPS) is 13.9. The summed E-state index contributed by atoms with van der Waals surface area (Å²) in [6, 6.07) is 0. The van der Waals surface area contributed by atoms with Gasteiger partial charge in [-0.15, -0.1) is 0 Å². The molecule has 0 saturated carbocycles. The van der Waals surface area contributed by atoms with E-state index < -0.39 is 26.5 Å². The van der Waals surface area contributed by atoms with Gasteiger partial charge < -0.3 is 27.9 Å². The van der Waals surface area contributed by atoms with Crippen molar-refractivity contribution in [3.8, 4) is 0 Å². The number of unbranched alkanes of at least 4 members (excludes halogenated alkanes) is 29. The van der Waals surface area contributed by atoms with Crippen LogP contribution in [0.4, 0.5) is 0 Å². The molecule has 88 heavy (non-hydrogen) atoms. The van der Waals surface area contributed by atoms with E-state index in [-0.39, 0.29) is 32.0 Å². The van der Waals surface area contributed by atoms with Gasteiger partial charge in [-0.05, 0) is 96.3 Å². The minimum atomic E-state index is -4.66. The summed E-state index contributed by atoms with van der Waals surface area (Å²) in [5.74, 6) is -0.853. The van der Waals surface area contributed by atoms with Crippen molar-refractivity contribution < 1.29 is 42.1 Å². The molecule has 0 saturated heterocycles. The number of esters is 2. The SMILES string of the molecule is CC/C=C\C/C=C\C/C=C\C/C=C\C/C=C\C/C=C\C/C=C\C/C=C\C/C=C\C/C=C\C/C=C\CCCCCCCC(=O)OC(COC(=O)CCCCCCCCCCCCCCCCCCCCCCCCCCC)COP(=O)([O-])OCC[N+](C)(C)C. The van der Waals surface area contributed by atoms with Crippen LogP contribution in [0, 0.1) is 0 Å². The highest BCUT2D eigenvalue weighted by molar-refractivity contribution is 7.45. The molecule has 0 aromatic heterocycles. The van der Waals surface area contributed by atoms with Crippen LogP contribution >= 0.6 is 7.82 Å². The molecular weight excluding hydrogens is 1110 g/mol. The number of carbonyl (C=O) groups excluding carboxylic acids is 2. The number of hydrogen-bond donors (Lipinski definition) is 0. The molecule has 0 rings (SSSR count). The molecule has 2 atom stereocenters. The number of phosphoric ester groups is 1. The molecule has 504 valence electrons. The summed E-state index contributed by atoms with van der Waals surface area (Å²) >= 11 is 0. The van der Waals surface area contributed by atoms with Gasteiger partial charge in [0.15, 0.2) is 6.10 Å². The Kier molecular flexibility index (Phi) is 64.6. The first-order valence-electron chi connectivity index (χ1n) is 35.9. The Morgan fingerprint density at radius 3 is 0.966 bits per heavy atom. The number of phosphoric acid groups is 1. The molecule has 0 aromatic carbocycles. The van der Waals surface area contributed by atoms with Gasteiger partial charge >= 0.3 is 11.9 Å². The fraction of sp³-hybridized carbons (Fsp3) is 0.692. The van der Waals surface area contributed by atoms with Gasteiger partial charge in [0.2, 0.25) is 0 Å². The predicted octanol–water partition coefficient (Wildman–Crippen LogP) is 23.0. The van der Waals surface area contributed by atoms with E-state index in [1.807, 2.05) is 21.1 Å². The highest BCUT2D eigenvalue weighted by Crippen LogP contribution is 2.38. The minimum Gasteiger partial charge on any atom is -0.756 e. The molecule has 0 fully saturated rings. The van der Waals surface area contributed by atoms with Gasteiger partial charge in [0.05, 0.1) is 27.7 Å². The molecule has 10 heteroatoms. The lowest BCUT2D eigenvalue weighted by molar-refractivity contribution is -0.870. The van der Waals surface area contributed by atoms with Crippen LogP contribution in [0.5, 0.6) is 0 Å². The van der Waals surface area contributed by atoms with E-state index in [0.29, 0.717) is 17.4 Å². The topological polar surface area (TPSA) is 111 Å². The van der Waals surface area contributed by atoms with E-state index in [9.17, 15) is 19.0 Å². The molecule has 0 spiro atoms. The number of rotatable bonds is 65. The first-order valence-corrected chi connectivity index (χ1v) is 37.4. The van der Waals surface area contributed by atoms with Gasteiger partial charge in [-0.3, -0.25) is 14.2 Å². The minimum absolute atomic E-state index is 0.0399. The maximum absolute atomic E-state index is 12.9. The summed E-state index contributed by atoms with van der Waals surface area (Å²) in [7, 11) is 1.15. The van der Waals surface area contributed by atoms with Crippen molar-refractivity contribution in [3.05, 3.63) is 134 Å². The standard InChI is InChI=1S/C78H134NO8P/c1-6-8-10-12-14-16-18-20-22-24-26-28-30-32-33-34-35-36-37-38-39-40-41-42-43-44-45-47-49-51-53-55-57-59-61-63-65-67-69-71-78(81)87-76(75-86-88(82,83)85-73-72-79(3,4)5)74-84-77(80)70-68-66-64-62-60-58-56-54-52-50-48-46-31-29-27-25-23-21-19-17-15-13-11-9-7-2/h8,10,14,16,20,22,26,28,32-33,35-36,38-39,41-42,44-45,49,51,55,57,76H,6-7,9,11-13,15,17-19,21,23-25,27,29-31,34,37,40,43,46-48,50,52-54,56,58-75H2,1-5H3/b10-8-,16-14-,22-20-,28-26-,33-32-,36-35-,39-38-,42-41-,45-44-,51-49-,57-55-. The van der Waals surface area contributed by atoms with E-state index >= 15 is 0 Å². The number of nitrogens with zero attached hydrogens (tertiary/aromatic N) is 1. The summed E-state index contributed by atoms with van der Waals surface area (Å²) in [6.07, 6.45) is 98.2. The van der Waals surface area contributed by atoms with Crippen LogP contribution in [0.2, 0.25) is 0 Å². The summed E-state index contributed by atoms with van der Waals surface area (Å²) in [5, 5.41) is 0. The number of carbonyl (C=O) groups is 2. The maximum atomic E-state index is 12.9. The highest BCUT2D eigenvalue weighted by atomic mass is 31.2. The Labute approximate surface area is 542 Å². The molecule has 0 aliphatic heterocycles. The molecule has 0 aliphatic rings. The second-order valence-corrected chi connectivity index (χ2v) is 26.3. The molecule has 0 aliphatic carbocycles. The van der Waals surface area contributed by atoms with Crippen LogP contribution in [0.25, 0.3) is 0 Å². The van der Waals surface area contributed by atoms with Crippen molar-refractivity contribution in [2.24, 2.45) is 0 Å². The zero-order chi connectivity index (χ0) is 64.1. The number of likely N-dealkylation sites (N-methyl/N-ethyl adjacent to an activating group) is 1. The zero-order valence-electron chi connectivity index (χ0n) is 57.4. The van der Waals surface area contributed by atoms with Crippen molar-refractivity contribution in [2.75, 3.05) is 47.5 Å². The van der Waals surface area contributed by atoms with Gasteiger partial charge in [-0.2, -0.15) is 0 Å². The zero-order valence-corrected chi connectivity index (χ0v) is 58.3. The lowest BCUT2D eigenvalue weighted by atomic mass is 10.0. The van der Waals surface area contributed by atoms with Gasteiger partial charge in [-0.25, -0.2) is 0 Å². The Morgan fingerprint density at radius 1 is 0.364 bits per heavy atom. The number of ether oxygens (including phenoxy) is 2. The van der Waals surface area contributed by atoms with Crippen LogP contribution in [-0.2, 0) is 32.7 Å². The van der Waals surface area contributed by atoms with Crippen molar-refractivity contribution in [1.82, 2.24) is 0 Å². The van der Waals surface area contributed by atoms with Crippen LogP contribution in [0.1, 0.15) is 296 Å². The van der Waals surface area contributed by atoms with Gasteiger partial charge in [0, 0.05) is 12.8 Å². The molecule has 0 radical (unpaired) electrons. The van der Waals surface area contributed by atoms with E-state index in [4.69, 9.17) is 18.5 Å². The van der Waals surface area contributed by atoms with E-state index in [1.165, 1.54) is 141 Å². The smallest absolute Gasteiger partial charge is 0.306 e. The van der Waals surface area contributed by atoms with E-state index in [2.05, 4.69) is 148 Å². The van der Waals surface area contributed by atoms with Crippen molar-refractivity contribution in [3.63, 3.8) is 0 Å². The van der Waals surface area contributed by atoms with E-state index in [0.717, 1.165) is 122 Å². The van der Waals surface area contributed by atoms with Crippen LogP contribution in [0.15, 0.2) is 134 Å². The van der Waals surface area contributed by atoms with Gasteiger partial charge in [0.25, 0.3) is 7.82 Å². The molecule has 0 bridgehead atoms. The summed E-state index contributed by atoms with van der Waals surface area (Å²) in [4.78, 5) is 38.1. The Hall–Kier alpha value is -3.85. The number of allylic oxidation sites excluding steroid dienone is 22. The van der Waals surface area contributed by atoms with Crippen LogP contribution in [0.3, 0.4) is 0 Å². The third-order valence-corrected chi connectivity index (χ3v) is 16.1. The monoisotopic (exact) mass is 1240 g/mol. The molecule has 0 heterocycles.